The third kappa shape index (κ3) is 9.78. The molecule has 0 aliphatic heterocycles. The third-order valence-corrected chi connectivity index (χ3v) is 6.33. The molecule has 0 fully saturated rings. The first-order chi connectivity index (χ1) is 18.4. The molecule has 0 spiro atoms. The van der Waals surface area contributed by atoms with Crippen LogP contribution in [0.5, 0.6) is 0 Å². The number of carbonyl (C=O) groups is 3. The van der Waals surface area contributed by atoms with E-state index in [0.29, 0.717) is 32.2 Å². The van der Waals surface area contributed by atoms with E-state index < -0.39 is 23.8 Å². The highest BCUT2D eigenvalue weighted by atomic mass is 19.1. The fraction of sp³-hybridized carbons (Fsp3) is 0.300. The average Bonchev–Trinajstić information content (AvgIpc) is 2.94. The fourth-order valence-corrected chi connectivity index (χ4v) is 4.25. The highest BCUT2D eigenvalue weighted by Crippen LogP contribution is 2.16. The predicted octanol–water partition coefficient (Wildman–Crippen LogP) is 3.75. The lowest BCUT2D eigenvalue weighted by atomic mass is 9.94. The van der Waals surface area contributed by atoms with Crippen LogP contribution < -0.4 is 16.1 Å². The molecule has 0 saturated heterocycles. The first-order valence-corrected chi connectivity index (χ1v) is 12.8. The van der Waals surface area contributed by atoms with Crippen molar-refractivity contribution in [3.63, 3.8) is 0 Å². The smallest absolute Gasteiger partial charge is 0.244 e. The molecule has 3 aromatic rings. The zero-order valence-electron chi connectivity index (χ0n) is 21.2. The molecular formula is C30H34FN3O4. The Balaban J connectivity index is 1.65. The average molecular weight is 520 g/mol. The van der Waals surface area contributed by atoms with Crippen molar-refractivity contribution < 1.29 is 24.0 Å². The molecule has 0 heterocycles. The van der Waals surface area contributed by atoms with Crippen molar-refractivity contribution in [3.8, 4) is 0 Å². The summed E-state index contributed by atoms with van der Waals surface area (Å²) in [6.07, 6.45) is 2.23. The van der Waals surface area contributed by atoms with Crippen molar-refractivity contribution in [2.45, 2.75) is 44.6 Å². The van der Waals surface area contributed by atoms with Gasteiger partial charge in [-0.2, -0.15) is 0 Å². The zero-order chi connectivity index (χ0) is 27.2. The van der Waals surface area contributed by atoms with Crippen molar-refractivity contribution in [2.75, 3.05) is 6.54 Å². The van der Waals surface area contributed by atoms with Crippen LogP contribution >= 0.6 is 0 Å². The van der Waals surface area contributed by atoms with Gasteiger partial charge < -0.3 is 10.6 Å². The molecule has 0 aromatic heterocycles. The summed E-state index contributed by atoms with van der Waals surface area (Å²) in [6, 6.07) is 24.4. The number of nitrogens with one attached hydrogen (secondary N) is 3. The molecule has 3 rings (SSSR count). The van der Waals surface area contributed by atoms with E-state index >= 15 is 0 Å². The van der Waals surface area contributed by atoms with Crippen LogP contribution in [-0.4, -0.2) is 35.5 Å². The van der Waals surface area contributed by atoms with Gasteiger partial charge in [-0.1, -0.05) is 72.8 Å². The molecule has 0 unspecified atom stereocenters. The number of aryl methyl sites for hydroxylation is 1. The first kappa shape index (κ1) is 28.5. The third-order valence-electron chi connectivity index (χ3n) is 6.33. The molecule has 2 atom stereocenters. The summed E-state index contributed by atoms with van der Waals surface area (Å²) in [5.41, 5.74) is 4.47. The van der Waals surface area contributed by atoms with Crippen LogP contribution in [0.1, 0.15) is 36.0 Å². The highest BCUT2D eigenvalue weighted by Gasteiger charge is 2.27. The van der Waals surface area contributed by atoms with Gasteiger partial charge in [0.25, 0.3) is 0 Å². The number of hydrogen-bond donors (Lipinski definition) is 4. The number of rotatable bonds is 14. The minimum atomic E-state index is -0.836. The molecule has 8 heteroatoms. The standard InChI is InChI=1S/C30H34FN3O4/c31-26-16-14-23(15-17-26)12-7-13-25(21-28(35)34-38)29(36)33-27(20-24-10-5-2-6-11-24)30(37)32-19-18-22-8-3-1-4-9-22/h1-6,8-11,14-17,25,27,38H,7,12-13,18-21H2,(H,32,37)(H,33,36)(H,34,35)/t25-,27+/m1/s1. The molecule has 0 bridgehead atoms. The van der Waals surface area contributed by atoms with Crippen molar-refractivity contribution in [1.29, 1.82) is 0 Å². The number of carbonyl (C=O) groups excluding carboxylic acids is 3. The van der Waals surface area contributed by atoms with Crippen LogP contribution in [0.3, 0.4) is 0 Å². The van der Waals surface area contributed by atoms with Crippen molar-refractivity contribution in [3.05, 3.63) is 107 Å². The van der Waals surface area contributed by atoms with Crippen LogP contribution in [0.2, 0.25) is 0 Å². The maximum Gasteiger partial charge on any atom is 0.244 e. The van der Waals surface area contributed by atoms with Gasteiger partial charge in [-0.05, 0) is 54.5 Å². The minimum absolute atomic E-state index is 0.223. The van der Waals surface area contributed by atoms with Crippen molar-refractivity contribution in [1.82, 2.24) is 16.1 Å². The lowest BCUT2D eigenvalue weighted by molar-refractivity contribution is -0.136. The minimum Gasteiger partial charge on any atom is -0.354 e. The van der Waals surface area contributed by atoms with E-state index in [-0.39, 0.29) is 24.6 Å². The summed E-state index contributed by atoms with van der Waals surface area (Å²) < 4.78 is 13.2. The van der Waals surface area contributed by atoms with Gasteiger partial charge in [-0.15, -0.1) is 0 Å². The van der Waals surface area contributed by atoms with Crippen molar-refractivity contribution >= 4 is 17.7 Å². The lowest BCUT2D eigenvalue weighted by Gasteiger charge is -2.22. The Labute approximate surface area is 222 Å². The maximum atomic E-state index is 13.3. The summed E-state index contributed by atoms with van der Waals surface area (Å²) in [5, 5.41) is 14.8. The maximum absolute atomic E-state index is 13.3. The van der Waals surface area contributed by atoms with E-state index in [9.17, 15) is 18.8 Å². The van der Waals surface area contributed by atoms with Crippen LogP contribution in [0.15, 0.2) is 84.9 Å². The Bertz CT molecular complexity index is 1160. The van der Waals surface area contributed by atoms with Crippen LogP contribution in [-0.2, 0) is 33.6 Å². The summed E-state index contributed by atoms with van der Waals surface area (Å²) in [7, 11) is 0. The molecule has 0 aliphatic carbocycles. The summed E-state index contributed by atoms with van der Waals surface area (Å²) in [4.78, 5) is 38.3. The second kappa shape index (κ2) is 15.3. The molecule has 200 valence electrons. The Kier molecular flexibility index (Phi) is 11.5. The second-order valence-electron chi connectivity index (χ2n) is 9.23. The number of hydroxylamine groups is 1. The molecule has 4 N–H and O–H groups in total. The van der Waals surface area contributed by atoms with Gasteiger partial charge in [-0.3, -0.25) is 19.6 Å². The first-order valence-electron chi connectivity index (χ1n) is 12.8. The number of benzene rings is 3. The van der Waals surface area contributed by atoms with E-state index in [1.807, 2.05) is 60.7 Å². The fourth-order valence-electron chi connectivity index (χ4n) is 4.25. The lowest BCUT2D eigenvalue weighted by Crippen LogP contribution is -2.50. The van der Waals surface area contributed by atoms with Gasteiger partial charge in [0.2, 0.25) is 17.7 Å². The predicted molar refractivity (Wildman–Crippen MR) is 143 cm³/mol. The monoisotopic (exact) mass is 519 g/mol. The van der Waals surface area contributed by atoms with Gasteiger partial charge in [0, 0.05) is 25.3 Å². The molecular weight excluding hydrogens is 485 g/mol. The van der Waals surface area contributed by atoms with Crippen LogP contribution in [0.25, 0.3) is 0 Å². The van der Waals surface area contributed by atoms with Gasteiger partial charge in [-0.25, -0.2) is 9.87 Å². The summed E-state index contributed by atoms with van der Waals surface area (Å²) in [5.74, 6) is -2.50. The van der Waals surface area contributed by atoms with E-state index in [2.05, 4.69) is 10.6 Å². The number of amides is 3. The van der Waals surface area contributed by atoms with Gasteiger partial charge in [0.05, 0.1) is 0 Å². The SMILES string of the molecule is O=C(C[C@@H](CCCc1ccc(F)cc1)C(=O)N[C@@H](Cc1ccccc1)C(=O)NCCc1ccccc1)NO. The van der Waals surface area contributed by atoms with E-state index in [4.69, 9.17) is 5.21 Å². The quantitative estimate of drug-likeness (QED) is 0.192. The van der Waals surface area contributed by atoms with Crippen LogP contribution in [0.4, 0.5) is 4.39 Å². The van der Waals surface area contributed by atoms with E-state index in [0.717, 1.165) is 16.7 Å². The Morgan fingerprint density at radius 1 is 0.763 bits per heavy atom. The van der Waals surface area contributed by atoms with E-state index in [1.54, 1.807) is 17.6 Å². The summed E-state index contributed by atoms with van der Waals surface area (Å²) >= 11 is 0. The number of hydrogen-bond acceptors (Lipinski definition) is 4. The molecule has 0 aliphatic rings. The van der Waals surface area contributed by atoms with Gasteiger partial charge >= 0.3 is 0 Å². The molecule has 3 amide bonds. The Morgan fingerprint density at radius 2 is 1.37 bits per heavy atom. The topological polar surface area (TPSA) is 108 Å². The molecule has 7 nitrogen and oxygen atoms in total. The van der Waals surface area contributed by atoms with E-state index in [1.165, 1.54) is 12.1 Å². The largest absolute Gasteiger partial charge is 0.354 e. The number of halogens is 1. The second-order valence-corrected chi connectivity index (χ2v) is 9.23. The van der Waals surface area contributed by atoms with Crippen molar-refractivity contribution in [2.24, 2.45) is 5.92 Å². The molecule has 3 aromatic carbocycles. The highest BCUT2D eigenvalue weighted by molar-refractivity contribution is 5.90. The van der Waals surface area contributed by atoms with Gasteiger partial charge in [0.1, 0.15) is 11.9 Å². The normalized spacial score (nSPS) is 12.3. The van der Waals surface area contributed by atoms with Gasteiger partial charge in [0.15, 0.2) is 0 Å². The Morgan fingerprint density at radius 3 is 2.00 bits per heavy atom. The zero-order valence-corrected chi connectivity index (χ0v) is 21.2. The van der Waals surface area contributed by atoms with Crippen LogP contribution in [0, 0.1) is 11.7 Å². The Hall–Kier alpha value is -4.04. The molecule has 0 radical (unpaired) electrons. The summed E-state index contributed by atoms with van der Waals surface area (Å²) in [6.45, 7) is 0.415. The molecule has 38 heavy (non-hydrogen) atoms. The molecule has 0 saturated carbocycles.